The summed E-state index contributed by atoms with van der Waals surface area (Å²) in [6.45, 7) is 4.49. The lowest BCUT2D eigenvalue weighted by atomic mass is 10.00. The zero-order chi connectivity index (χ0) is 21.1. The third-order valence-corrected chi connectivity index (χ3v) is 5.22. The molecule has 8 nitrogen and oxygen atoms in total. The van der Waals surface area contributed by atoms with E-state index >= 15 is 0 Å². The molecule has 1 aliphatic rings. The van der Waals surface area contributed by atoms with Gasteiger partial charge in [0.1, 0.15) is 5.69 Å². The minimum absolute atomic E-state index is 0.233. The molecule has 3 heterocycles. The maximum Gasteiger partial charge on any atom is 0.270 e. The molecule has 0 spiro atoms. The first-order chi connectivity index (χ1) is 14.5. The van der Waals surface area contributed by atoms with Gasteiger partial charge >= 0.3 is 0 Å². The third kappa shape index (κ3) is 4.55. The van der Waals surface area contributed by atoms with Crippen molar-refractivity contribution in [2.75, 3.05) is 13.2 Å². The van der Waals surface area contributed by atoms with Gasteiger partial charge in [0.25, 0.3) is 5.91 Å². The van der Waals surface area contributed by atoms with Crippen LogP contribution in [0.1, 0.15) is 39.5 Å². The lowest BCUT2D eigenvalue weighted by Crippen LogP contribution is -2.48. The third-order valence-electron chi connectivity index (χ3n) is 5.22. The molecule has 1 amide bonds. The normalized spacial score (nSPS) is 18.9. The van der Waals surface area contributed by atoms with E-state index < -0.39 is 6.10 Å². The van der Waals surface area contributed by atoms with Gasteiger partial charge in [-0.25, -0.2) is 0 Å². The van der Waals surface area contributed by atoms with Crippen LogP contribution in [0.5, 0.6) is 0 Å². The van der Waals surface area contributed by atoms with E-state index in [4.69, 9.17) is 9.26 Å². The van der Waals surface area contributed by atoms with Crippen molar-refractivity contribution in [2.24, 2.45) is 0 Å². The highest BCUT2D eigenvalue weighted by Gasteiger charge is 2.26. The van der Waals surface area contributed by atoms with E-state index in [1.54, 1.807) is 13.1 Å². The molecule has 0 radical (unpaired) electrons. The Hall–Kier alpha value is -3.10. The summed E-state index contributed by atoms with van der Waals surface area (Å²) in [4.78, 5) is 21.1. The molecule has 2 aromatic heterocycles. The van der Waals surface area contributed by atoms with Crippen LogP contribution in [0.2, 0.25) is 0 Å². The zero-order valence-corrected chi connectivity index (χ0v) is 17.0. The fourth-order valence-electron chi connectivity index (χ4n) is 3.42. The van der Waals surface area contributed by atoms with Crippen LogP contribution in [-0.2, 0) is 11.2 Å². The van der Waals surface area contributed by atoms with Crippen LogP contribution in [0.3, 0.4) is 0 Å². The number of aliphatic hydroxyl groups is 1. The number of nitrogens with one attached hydrogen (secondary N) is 1. The molecule has 0 unspecified atom stereocenters. The van der Waals surface area contributed by atoms with Crippen molar-refractivity contribution in [3.8, 4) is 11.4 Å². The van der Waals surface area contributed by atoms with Gasteiger partial charge in [0.2, 0.25) is 11.7 Å². The molecule has 1 aromatic carbocycles. The Labute approximate surface area is 174 Å². The first kappa shape index (κ1) is 20.2. The van der Waals surface area contributed by atoms with E-state index in [9.17, 15) is 9.90 Å². The monoisotopic (exact) mass is 408 g/mol. The van der Waals surface area contributed by atoms with E-state index in [2.05, 4.69) is 20.4 Å². The number of carbonyl (C=O) groups excluding carboxylic acids is 1. The molecular formula is C22H24N4O4. The summed E-state index contributed by atoms with van der Waals surface area (Å²) in [5, 5.41) is 16.8. The summed E-state index contributed by atoms with van der Waals surface area (Å²) in [6.07, 6.45) is 2.26. The van der Waals surface area contributed by atoms with Crippen LogP contribution >= 0.6 is 0 Å². The average Bonchev–Trinajstić information content (AvgIpc) is 3.18. The summed E-state index contributed by atoms with van der Waals surface area (Å²) < 4.78 is 10.2. The smallest absolute Gasteiger partial charge is 0.270 e. The Morgan fingerprint density at radius 1 is 1.27 bits per heavy atom. The molecule has 0 bridgehead atoms. The highest BCUT2D eigenvalue weighted by Crippen LogP contribution is 2.20. The van der Waals surface area contributed by atoms with Gasteiger partial charge in [0, 0.05) is 25.3 Å². The first-order valence-electron chi connectivity index (χ1n) is 9.91. The number of pyridine rings is 1. The number of aryl methyl sites for hydroxylation is 2. The molecule has 0 saturated carbocycles. The Kier molecular flexibility index (Phi) is 5.87. The van der Waals surface area contributed by atoms with E-state index in [-0.39, 0.29) is 18.6 Å². The van der Waals surface area contributed by atoms with Gasteiger partial charge in [-0.3, -0.25) is 9.78 Å². The molecule has 3 aromatic rings. The predicted molar refractivity (Wildman–Crippen MR) is 109 cm³/mol. The van der Waals surface area contributed by atoms with E-state index in [1.165, 1.54) is 0 Å². The number of aliphatic hydroxyl groups excluding tert-OH is 1. The molecule has 8 heteroatoms. The molecule has 1 aliphatic heterocycles. The van der Waals surface area contributed by atoms with E-state index in [1.807, 2.05) is 37.3 Å². The standard InChI is InChI=1S/C22H24N4O4/c1-13-11-23-19(22(28)25-18-7-8-29-12-20(18)27)10-17(13)9-15-3-5-16(6-4-15)21-24-14(2)30-26-21/h3-6,10-11,18,20,27H,7-9,12H2,1-2H3,(H,25,28)/t18-,20-/m0/s1. The molecule has 156 valence electrons. The van der Waals surface area contributed by atoms with Crippen LogP contribution in [0.25, 0.3) is 11.4 Å². The largest absolute Gasteiger partial charge is 0.389 e. The summed E-state index contributed by atoms with van der Waals surface area (Å²) in [6, 6.07) is 9.43. The van der Waals surface area contributed by atoms with Crippen molar-refractivity contribution in [1.82, 2.24) is 20.4 Å². The summed E-state index contributed by atoms with van der Waals surface area (Å²) in [5.41, 5.74) is 4.35. The number of carbonyl (C=O) groups is 1. The fourth-order valence-corrected chi connectivity index (χ4v) is 3.42. The number of rotatable bonds is 5. The predicted octanol–water partition coefficient (Wildman–Crippen LogP) is 2.22. The molecule has 1 saturated heterocycles. The van der Waals surface area contributed by atoms with Gasteiger partial charge in [-0.05, 0) is 42.5 Å². The van der Waals surface area contributed by atoms with E-state index in [0.29, 0.717) is 36.9 Å². The van der Waals surface area contributed by atoms with Gasteiger partial charge in [-0.2, -0.15) is 4.98 Å². The zero-order valence-electron chi connectivity index (χ0n) is 17.0. The molecule has 4 rings (SSSR count). The van der Waals surface area contributed by atoms with Crippen molar-refractivity contribution < 1.29 is 19.2 Å². The molecule has 0 aliphatic carbocycles. The molecule has 2 N–H and O–H groups in total. The van der Waals surface area contributed by atoms with Crippen LogP contribution in [0, 0.1) is 13.8 Å². The lowest BCUT2D eigenvalue weighted by molar-refractivity contribution is -0.0261. The summed E-state index contributed by atoms with van der Waals surface area (Å²) in [5.74, 6) is 0.805. The minimum Gasteiger partial charge on any atom is -0.389 e. The van der Waals surface area contributed by atoms with Crippen molar-refractivity contribution in [2.45, 2.75) is 38.8 Å². The number of hydrogen-bond acceptors (Lipinski definition) is 7. The maximum absolute atomic E-state index is 12.6. The van der Waals surface area contributed by atoms with Gasteiger partial charge < -0.3 is 19.7 Å². The van der Waals surface area contributed by atoms with Crippen LogP contribution in [-0.4, -0.2) is 51.5 Å². The number of ether oxygens (including phenoxy) is 1. The molecule has 1 fully saturated rings. The Balaban J connectivity index is 1.47. The number of hydrogen-bond donors (Lipinski definition) is 2. The molecular weight excluding hydrogens is 384 g/mol. The quantitative estimate of drug-likeness (QED) is 0.666. The number of aromatic nitrogens is 3. The second kappa shape index (κ2) is 8.73. The second-order valence-electron chi connectivity index (χ2n) is 7.52. The molecule has 2 atom stereocenters. The average molecular weight is 408 g/mol. The highest BCUT2D eigenvalue weighted by molar-refractivity contribution is 5.92. The number of nitrogens with zero attached hydrogens (tertiary/aromatic N) is 3. The maximum atomic E-state index is 12.6. The van der Waals surface area contributed by atoms with Crippen molar-refractivity contribution in [1.29, 1.82) is 0 Å². The Bertz CT molecular complexity index is 1030. The Morgan fingerprint density at radius 2 is 2.07 bits per heavy atom. The highest BCUT2D eigenvalue weighted by atomic mass is 16.5. The van der Waals surface area contributed by atoms with Crippen molar-refractivity contribution in [3.63, 3.8) is 0 Å². The summed E-state index contributed by atoms with van der Waals surface area (Å²) >= 11 is 0. The minimum atomic E-state index is -0.700. The first-order valence-corrected chi connectivity index (χ1v) is 9.91. The van der Waals surface area contributed by atoms with Gasteiger partial charge in [0.15, 0.2) is 0 Å². The van der Waals surface area contributed by atoms with Gasteiger partial charge in [-0.1, -0.05) is 29.4 Å². The van der Waals surface area contributed by atoms with E-state index in [0.717, 1.165) is 22.3 Å². The topological polar surface area (TPSA) is 110 Å². The lowest BCUT2D eigenvalue weighted by Gasteiger charge is -2.28. The number of amides is 1. The fraction of sp³-hybridized carbons (Fsp3) is 0.364. The second-order valence-corrected chi connectivity index (χ2v) is 7.52. The van der Waals surface area contributed by atoms with Crippen LogP contribution < -0.4 is 5.32 Å². The van der Waals surface area contributed by atoms with Gasteiger partial charge in [-0.15, -0.1) is 0 Å². The molecule has 30 heavy (non-hydrogen) atoms. The van der Waals surface area contributed by atoms with Crippen molar-refractivity contribution >= 4 is 5.91 Å². The Morgan fingerprint density at radius 3 is 2.77 bits per heavy atom. The number of benzene rings is 1. The SMILES string of the molecule is Cc1nc(-c2ccc(Cc3cc(C(=O)N[C@H]4CCOC[C@@H]4O)ncc3C)cc2)no1. The van der Waals surface area contributed by atoms with Gasteiger partial charge in [0.05, 0.1) is 18.8 Å². The summed E-state index contributed by atoms with van der Waals surface area (Å²) in [7, 11) is 0. The van der Waals surface area contributed by atoms with Crippen LogP contribution in [0.15, 0.2) is 41.1 Å². The van der Waals surface area contributed by atoms with Crippen LogP contribution in [0.4, 0.5) is 0 Å². The van der Waals surface area contributed by atoms with Crippen molar-refractivity contribution in [3.05, 3.63) is 64.8 Å².